The molecule has 7 heteroatoms. The van der Waals surface area contributed by atoms with E-state index in [4.69, 9.17) is 14.5 Å². The summed E-state index contributed by atoms with van der Waals surface area (Å²) in [7, 11) is 0. The van der Waals surface area contributed by atoms with Crippen molar-refractivity contribution in [3.05, 3.63) is 23.8 Å². The van der Waals surface area contributed by atoms with Crippen LogP contribution >= 0.6 is 35.7 Å². The number of aliphatic imine (C=N–C) groups is 1. The second-order valence-electron chi connectivity index (χ2n) is 6.10. The van der Waals surface area contributed by atoms with Gasteiger partial charge in [0.15, 0.2) is 17.5 Å². The lowest BCUT2D eigenvalue weighted by Crippen LogP contribution is -2.43. The number of para-hydroxylation sites is 1. The number of nitrogens with zero attached hydrogens (tertiary/aromatic N) is 1. The lowest BCUT2D eigenvalue weighted by Gasteiger charge is -2.24. The fourth-order valence-corrected chi connectivity index (χ4v) is 4.11. The fraction of sp³-hybridized carbons (Fsp3) is 0.588. The summed E-state index contributed by atoms with van der Waals surface area (Å²) in [6.45, 7) is 7.07. The highest BCUT2D eigenvalue weighted by Crippen LogP contribution is 2.37. The van der Waals surface area contributed by atoms with Crippen molar-refractivity contribution in [2.45, 2.75) is 38.0 Å². The Kier molecular flexibility index (Phi) is 7.34. The summed E-state index contributed by atoms with van der Waals surface area (Å²) < 4.78 is 11.3. The fourth-order valence-electron chi connectivity index (χ4n) is 2.87. The van der Waals surface area contributed by atoms with Crippen molar-refractivity contribution in [2.24, 2.45) is 4.99 Å². The number of guanidine groups is 1. The molecule has 0 bridgehead atoms. The predicted molar refractivity (Wildman–Crippen MR) is 111 cm³/mol. The van der Waals surface area contributed by atoms with Crippen molar-refractivity contribution in [3.63, 3.8) is 0 Å². The number of hydrogen-bond donors (Lipinski definition) is 2. The molecule has 0 aliphatic carbocycles. The quantitative estimate of drug-likeness (QED) is 0.399. The molecule has 1 atom stereocenters. The van der Waals surface area contributed by atoms with Gasteiger partial charge in [-0.15, -0.1) is 24.0 Å². The van der Waals surface area contributed by atoms with Gasteiger partial charge in [-0.05, 0) is 38.5 Å². The third-order valence-electron chi connectivity index (χ3n) is 4.16. The average Bonchev–Trinajstić information content (AvgIpc) is 3.19. The number of fused-ring (bicyclic) bond motifs is 1. The first-order valence-electron chi connectivity index (χ1n) is 8.24. The van der Waals surface area contributed by atoms with Gasteiger partial charge in [-0.2, -0.15) is 11.8 Å². The van der Waals surface area contributed by atoms with E-state index >= 15 is 0 Å². The maximum atomic E-state index is 5.54. The standard InChI is InChI=1S/C17H25N3O2S.HI/c1-3-18-16(20-11-17(2)8-5-9-23-17)19-10-13-6-4-7-14-15(13)22-12-21-14;/h4,6-7H,3,5,8-12H2,1-2H3,(H2,18,19,20);1H. The number of benzene rings is 1. The molecular weight excluding hydrogens is 437 g/mol. The SMILES string of the molecule is CCNC(=NCc1cccc2c1OCO2)NCC1(C)CCCS1.I. The summed E-state index contributed by atoms with van der Waals surface area (Å²) in [5, 5.41) is 6.81. The Morgan fingerprint density at radius 3 is 2.96 bits per heavy atom. The third kappa shape index (κ3) is 4.84. The molecule has 1 aromatic carbocycles. The Labute approximate surface area is 165 Å². The maximum absolute atomic E-state index is 5.54. The van der Waals surface area contributed by atoms with Crippen LogP contribution in [0, 0.1) is 0 Å². The van der Waals surface area contributed by atoms with Crippen LogP contribution in [-0.4, -0.2) is 36.3 Å². The predicted octanol–water partition coefficient (Wildman–Crippen LogP) is 3.37. The lowest BCUT2D eigenvalue weighted by atomic mass is 10.1. The summed E-state index contributed by atoms with van der Waals surface area (Å²) in [6.07, 6.45) is 2.57. The zero-order valence-corrected chi connectivity index (χ0v) is 17.4. The highest BCUT2D eigenvalue weighted by molar-refractivity contribution is 14.0. The Morgan fingerprint density at radius 2 is 2.21 bits per heavy atom. The molecule has 2 N–H and O–H groups in total. The van der Waals surface area contributed by atoms with E-state index in [0.29, 0.717) is 18.1 Å². The van der Waals surface area contributed by atoms with Gasteiger partial charge in [-0.25, -0.2) is 4.99 Å². The summed E-state index contributed by atoms with van der Waals surface area (Å²) in [6, 6.07) is 5.95. The van der Waals surface area contributed by atoms with Crippen LogP contribution in [0.3, 0.4) is 0 Å². The summed E-state index contributed by atoms with van der Waals surface area (Å²) in [4.78, 5) is 4.70. The summed E-state index contributed by atoms with van der Waals surface area (Å²) in [5.41, 5.74) is 1.05. The zero-order chi connectivity index (χ0) is 16.1. The molecule has 0 spiro atoms. The zero-order valence-electron chi connectivity index (χ0n) is 14.3. The van der Waals surface area contributed by atoms with Gasteiger partial charge < -0.3 is 20.1 Å². The number of rotatable bonds is 5. The first kappa shape index (κ1) is 19.5. The van der Waals surface area contributed by atoms with E-state index < -0.39 is 0 Å². The van der Waals surface area contributed by atoms with Crippen LogP contribution in [0.1, 0.15) is 32.3 Å². The Balaban J connectivity index is 0.00000208. The van der Waals surface area contributed by atoms with Crippen molar-refractivity contribution < 1.29 is 9.47 Å². The van der Waals surface area contributed by atoms with E-state index in [1.54, 1.807) is 0 Å². The van der Waals surface area contributed by atoms with Crippen LogP contribution in [-0.2, 0) is 6.54 Å². The van der Waals surface area contributed by atoms with Gasteiger partial charge in [-0.3, -0.25) is 0 Å². The number of nitrogens with one attached hydrogen (secondary N) is 2. The largest absolute Gasteiger partial charge is 0.454 e. The van der Waals surface area contributed by atoms with E-state index in [2.05, 4.69) is 36.2 Å². The molecule has 1 saturated heterocycles. The summed E-state index contributed by atoms with van der Waals surface area (Å²) >= 11 is 2.05. The first-order valence-corrected chi connectivity index (χ1v) is 9.22. The molecule has 24 heavy (non-hydrogen) atoms. The smallest absolute Gasteiger partial charge is 0.231 e. The van der Waals surface area contributed by atoms with Gasteiger partial charge in [0.2, 0.25) is 6.79 Å². The van der Waals surface area contributed by atoms with Crippen LogP contribution in [0.25, 0.3) is 0 Å². The molecule has 134 valence electrons. The molecule has 0 saturated carbocycles. The van der Waals surface area contributed by atoms with Gasteiger partial charge in [-0.1, -0.05) is 12.1 Å². The van der Waals surface area contributed by atoms with Gasteiger partial charge in [0.05, 0.1) is 6.54 Å². The molecule has 2 aliphatic heterocycles. The van der Waals surface area contributed by atoms with Gasteiger partial charge >= 0.3 is 0 Å². The molecule has 2 heterocycles. The highest BCUT2D eigenvalue weighted by Gasteiger charge is 2.29. The number of halogens is 1. The Morgan fingerprint density at radius 1 is 1.33 bits per heavy atom. The molecule has 1 fully saturated rings. The van der Waals surface area contributed by atoms with E-state index in [0.717, 1.165) is 36.1 Å². The van der Waals surface area contributed by atoms with Gasteiger partial charge in [0.25, 0.3) is 0 Å². The monoisotopic (exact) mass is 463 g/mol. The van der Waals surface area contributed by atoms with E-state index in [-0.39, 0.29) is 24.0 Å². The van der Waals surface area contributed by atoms with Crippen LogP contribution < -0.4 is 20.1 Å². The second-order valence-corrected chi connectivity index (χ2v) is 7.78. The molecule has 1 unspecified atom stereocenters. The van der Waals surface area contributed by atoms with Crippen LogP contribution in [0.5, 0.6) is 11.5 Å². The van der Waals surface area contributed by atoms with Crippen molar-refractivity contribution in [1.82, 2.24) is 10.6 Å². The minimum absolute atomic E-state index is 0. The van der Waals surface area contributed by atoms with Gasteiger partial charge in [0.1, 0.15) is 0 Å². The normalized spacial score (nSPS) is 22.2. The average molecular weight is 463 g/mol. The van der Waals surface area contributed by atoms with E-state index in [1.165, 1.54) is 18.6 Å². The minimum atomic E-state index is 0. The van der Waals surface area contributed by atoms with Crippen LogP contribution in [0.15, 0.2) is 23.2 Å². The second kappa shape index (κ2) is 9.03. The minimum Gasteiger partial charge on any atom is -0.454 e. The Bertz CT molecular complexity index is 577. The molecule has 3 rings (SSSR count). The van der Waals surface area contributed by atoms with Crippen molar-refractivity contribution in [2.75, 3.05) is 25.6 Å². The van der Waals surface area contributed by atoms with Gasteiger partial charge in [0, 0.05) is 23.4 Å². The third-order valence-corrected chi connectivity index (χ3v) is 5.70. The van der Waals surface area contributed by atoms with Crippen molar-refractivity contribution in [3.8, 4) is 11.5 Å². The molecule has 1 aromatic rings. The van der Waals surface area contributed by atoms with E-state index in [1.807, 2.05) is 18.2 Å². The molecule has 2 aliphatic rings. The first-order chi connectivity index (χ1) is 11.2. The van der Waals surface area contributed by atoms with Crippen molar-refractivity contribution in [1.29, 1.82) is 0 Å². The molecular formula is C17H26IN3O2S. The highest BCUT2D eigenvalue weighted by atomic mass is 127. The maximum Gasteiger partial charge on any atom is 0.231 e. The molecule has 0 radical (unpaired) electrons. The Hall–Kier alpha value is -0.830. The number of thioether (sulfide) groups is 1. The lowest BCUT2D eigenvalue weighted by molar-refractivity contribution is 0.173. The molecule has 0 amide bonds. The topological polar surface area (TPSA) is 54.9 Å². The molecule has 0 aromatic heterocycles. The summed E-state index contributed by atoms with van der Waals surface area (Å²) in [5.74, 6) is 3.76. The van der Waals surface area contributed by atoms with Crippen molar-refractivity contribution >= 4 is 41.7 Å². The van der Waals surface area contributed by atoms with E-state index in [9.17, 15) is 0 Å². The number of ether oxygens (including phenoxy) is 2. The molecule has 5 nitrogen and oxygen atoms in total. The van der Waals surface area contributed by atoms with Crippen LogP contribution in [0.2, 0.25) is 0 Å². The van der Waals surface area contributed by atoms with Crippen LogP contribution in [0.4, 0.5) is 0 Å². The number of hydrogen-bond acceptors (Lipinski definition) is 4.